The van der Waals surface area contributed by atoms with Crippen molar-refractivity contribution >= 4 is 0 Å². The van der Waals surface area contributed by atoms with Crippen molar-refractivity contribution in [1.29, 1.82) is 0 Å². The van der Waals surface area contributed by atoms with Crippen molar-refractivity contribution in [2.75, 3.05) is 20.3 Å². The van der Waals surface area contributed by atoms with Gasteiger partial charge in [-0.3, -0.25) is 0 Å². The van der Waals surface area contributed by atoms with Gasteiger partial charge in [-0.2, -0.15) is 0 Å². The van der Waals surface area contributed by atoms with Gasteiger partial charge in [-0.25, -0.2) is 0 Å². The van der Waals surface area contributed by atoms with Crippen molar-refractivity contribution in [2.45, 2.75) is 32.3 Å². The normalized spacial score (nSPS) is 10.7. The van der Waals surface area contributed by atoms with Crippen LogP contribution in [0.3, 0.4) is 0 Å². The Morgan fingerprint density at radius 1 is 1.21 bits per heavy atom. The first-order chi connectivity index (χ1) is 9.07. The number of rotatable bonds is 6. The highest BCUT2D eigenvalue weighted by molar-refractivity contribution is 5.38. The number of benzene rings is 1. The van der Waals surface area contributed by atoms with E-state index in [1.807, 2.05) is 38.1 Å². The summed E-state index contributed by atoms with van der Waals surface area (Å²) in [5.74, 6) is 6.69. The molecule has 104 valence electrons. The second-order valence-corrected chi connectivity index (χ2v) is 4.86. The minimum Gasteiger partial charge on any atom is -0.493 e. The number of hydrogen-bond donors (Lipinski definition) is 1. The smallest absolute Gasteiger partial charge is 0.119 e. The van der Waals surface area contributed by atoms with Crippen molar-refractivity contribution in [1.82, 2.24) is 0 Å². The molecule has 0 radical (unpaired) electrons. The van der Waals surface area contributed by atoms with Gasteiger partial charge >= 0.3 is 0 Å². The molecule has 1 aromatic carbocycles. The predicted molar refractivity (Wildman–Crippen MR) is 76.2 cm³/mol. The summed E-state index contributed by atoms with van der Waals surface area (Å²) in [6, 6.07) is 7.65. The molecule has 0 atom stereocenters. The van der Waals surface area contributed by atoms with E-state index >= 15 is 0 Å². The molecular weight excluding hydrogens is 240 g/mol. The number of hydrogen-bond acceptors (Lipinski definition) is 3. The Kier molecular flexibility index (Phi) is 6.41. The molecule has 0 bridgehead atoms. The van der Waals surface area contributed by atoms with E-state index in [1.165, 1.54) is 0 Å². The molecule has 1 N–H and O–H groups in total. The summed E-state index contributed by atoms with van der Waals surface area (Å²) in [4.78, 5) is 0. The highest BCUT2D eigenvalue weighted by Crippen LogP contribution is 2.16. The third kappa shape index (κ3) is 6.28. The van der Waals surface area contributed by atoms with Crippen LogP contribution in [0.5, 0.6) is 5.75 Å². The highest BCUT2D eigenvalue weighted by Gasteiger charge is 2.15. The molecule has 0 amide bonds. The van der Waals surface area contributed by atoms with E-state index in [2.05, 4.69) is 11.8 Å². The monoisotopic (exact) mass is 262 g/mol. The molecule has 0 heterocycles. The van der Waals surface area contributed by atoms with Crippen LogP contribution in [0.2, 0.25) is 0 Å². The highest BCUT2D eigenvalue weighted by atomic mass is 16.5. The average Bonchev–Trinajstić information content (AvgIpc) is 2.41. The van der Waals surface area contributed by atoms with E-state index in [1.54, 1.807) is 7.11 Å². The van der Waals surface area contributed by atoms with Gasteiger partial charge in [0.25, 0.3) is 0 Å². The first kappa shape index (κ1) is 15.6. The summed E-state index contributed by atoms with van der Waals surface area (Å²) >= 11 is 0. The van der Waals surface area contributed by atoms with Crippen LogP contribution in [-0.2, 0) is 4.74 Å². The van der Waals surface area contributed by atoms with Crippen LogP contribution in [0.15, 0.2) is 24.3 Å². The third-order valence-corrected chi connectivity index (χ3v) is 2.85. The molecule has 0 aromatic heterocycles. The van der Waals surface area contributed by atoms with Crippen LogP contribution in [-0.4, -0.2) is 31.0 Å². The van der Waals surface area contributed by atoms with Crippen LogP contribution in [0.4, 0.5) is 0 Å². The summed E-state index contributed by atoms with van der Waals surface area (Å²) in [6.07, 6.45) is 1.34. The van der Waals surface area contributed by atoms with E-state index in [9.17, 15) is 0 Å². The van der Waals surface area contributed by atoms with Gasteiger partial charge in [0, 0.05) is 25.5 Å². The molecule has 0 aliphatic heterocycles. The first-order valence-corrected chi connectivity index (χ1v) is 6.45. The zero-order valence-corrected chi connectivity index (χ0v) is 11.9. The maximum absolute atomic E-state index is 8.64. The maximum Gasteiger partial charge on any atom is 0.119 e. The van der Waals surface area contributed by atoms with Crippen molar-refractivity contribution in [3.8, 4) is 17.6 Å². The molecule has 0 unspecified atom stereocenters. The Hall–Kier alpha value is -1.50. The van der Waals surface area contributed by atoms with E-state index in [0.717, 1.165) is 17.7 Å². The third-order valence-electron chi connectivity index (χ3n) is 2.85. The molecule has 1 aromatic rings. The van der Waals surface area contributed by atoms with E-state index in [4.69, 9.17) is 14.6 Å². The van der Waals surface area contributed by atoms with Gasteiger partial charge in [0.1, 0.15) is 5.75 Å². The molecule has 3 nitrogen and oxygen atoms in total. The van der Waals surface area contributed by atoms with Gasteiger partial charge in [0.2, 0.25) is 0 Å². The SMILES string of the molecule is COC(C)(C)CCOc1ccc(C#CCCO)cc1. The number of ether oxygens (including phenoxy) is 2. The summed E-state index contributed by atoms with van der Waals surface area (Å²) in [6.45, 7) is 4.80. The fourth-order valence-electron chi connectivity index (χ4n) is 1.37. The minimum atomic E-state index is -0.157. The number of aliphatic hydroxyl groups is 1. The first-order valence-electron chi connectivity index (χ1n) is 6.45. The predicted octanol–water partition coefficient (Wildman–Crippen LogP) is 2.61. The molecule has 3 heteroatoms. The Labute approximate surface area is 115 Å². The lowest BCUT2D eigenvalue weighted by atomic mass is 10.1. The van der Waals surface area contributed by atoms with Crippen LogP contribution < -0.4 is 4.74 Å². The lowest BCUT2D eigenvalue weighted by Crippen LogP contribution is -2.25. The van der Waals surface area contributed by atoms with Gasteiger partial charge in [-0.15, -0.1) is 0 Å². The Balaban J connectivity index is 2.43. The van der Waals surface area contributed by atoms with Gasteiger partial charge in [0.15, 0.2) is 0 Å². The Morgan fingerprint density at radius 2 is 1.89 bits per heavy atom. The molecular formula is C16H22O3. The molecule has 0 saturated carbocycles. The quantitative estimate of drug-likeness (QED) is 0.801. The second-order valence-electron chi connectivity index (χ2n) is 4.86. The lowest BCUT2D eigenvalue weighted by Gasteiger charge is -2.22. The van der Waals surface area contributed by atoms with Crippen molar-refractivity contribution in [3.63, 3.8) is 0 Å². The molecule has 19 heavy (non-hydrogen) atoms. The summed E-state index contributed by atoms with van der Waals surface area (Å²) in [5.41, 5.74) is 0.772. The second kappa shape index (κ2) is 7.83. The summed E-state index contributed by atoms with van der Waals surface area (Å²) in [7, 11) is 1.71. The van der Waals surface area contributed by atoms with Gasteiger partial charge in [0.05, 0.1) is 18.8 Å². The van der Waals surface area contributed by atoms with E-state index in [0.29, 0.717) is 13.0 Å². The lowest BCUT2D eigenvalue weighted by molar-refractivity contribution is 0.00546. The topological polar surface area (TPSA) is 38.7 Å². The van der Waals surface area contributed by atoms with Crippen LogP contribution in [0, 0.1) is 11.8 Å². The van der Waals surface area contributed by atoms with Crippen LogP contribution in [0.1, 0.15) is 32.3 Å². The molecule has 0 saturated heterocycles. The van der Waals surface area contributed by atoms with Gasteiger partial charge in [-0.05, 0) is 38.1 Å². The molecule has 1 rings (SSSR count). The van der Waals surface area contributed by atoms with Crippen LogP contribution >= 0.6 is 0 Å². The summed E-state index contributed by atoms with van der Waals surface area (Å²) in [5, 5.41) is 8.64. The summed E-state index contributed by atoms with van der Waals surface area (Å²) < 4.78 is 11.0. The Morgan fingerprint density at radius 3 is 2.47 bits per heavy atom. The van der Waals surface area contributed by atoms with Crippen LogP contribution in [0.25, 0.3) is 0 Å². The number of aliphatic hydroxyl groups excluding tert-OH is 1. The van der Waals surface area contributed by atoms with Gasteiger partial charge in [-0.1, -0.05) is 11.8 Å². The van der Waals surface area contributed by atoms with E-state index < -0.39 is 0 Å². The largest absolute Gasteiger partial charge is 0.493 e. The van der Waals surface area contributed by atoms with E-state index in [-0.39, 0.29) is 12.2 Å². The van der Waals surface area contributed by atoms with Crippen molar-refractivity contribution in [3.05, 3.63) is 29.8 Å². The van der Waals surface area contributed by atoms with Crippen molar-refractivity contribution in [2.24, 2.45) is 0 Å². The zero-order chi connectivity index (χ0) is 14.1. The minimum absolute atomic E-state index is 0.101. The number of methoxy groups -OCH3 is 1. The van der Waals surface area contributed by atoms with Crippen molar-refractivity contribution < 1.29 is 14.6 Å². The Bertz CT molecular complexity index is 424. The molecule has 0 aliphatic rings. The molecule has 0 spiro atoms. The zero-order valence-electron chi connectivity index (χ0n) is 11.9. The standard InChI is InChI=1S/C16H22O3/c1-16(2,18-3)11-13-19-15-9-7-14(8-10-15)6-4-5-12-17/h7-10,17H,5,11-13H2,1-3H3. The average molecular weight is 262 g/mol. The maximum atomic E-state index is 8.64. The fraction of sp³-hybridized carbons (Fsp3) is 0.500. The molecule has 0 aliphatic carbocycles. The fourth-order valence-corrected chi connectivity index (χ4v) is 1.37. The molecule has 0 fully saturated rings. The van der Waals surface area contributed by atoms with Gasteiger partial charge < -0.3 is 14.6 Å².